The van der Waals surface area contributed by atoms with Crippen LogP contribution >= 0.6 is 0 Å². The Hall–Kier alpha value is -0.900. The number of hydrogen-bond donors (Lipinski definition) is 0. The van der Waals surface area contributed by atoms with Gasteiger partial charge >= 0.3 is 0 Å². The van der Waals surface area contributed by atoms with E-state index in [9.17, 15) is 0 Å². The molecule has 0 bridgehead atoms. The predicted octanol–water partition coefficient (Wildman–Crippen LogP) is 2.80. The van der Waals surface area contributed by atoms with Crippen molar-refractivity contribution in [3.05, 3.63) is 36.0 Å². The largest absolute Gasteiger partial charge is 0.381 e. The fourth-order valence-corrected chi connectivity index (χ4v) is 2.23. The van der Waals surface area contributed by atoms with E-state index in [1.54, 1.807) is 7.11 Å². The van der Waals surface area contributed by atoms with Crippen LogP contribution in [0.5, 0.6) is 0 Å². The molecular formula is C16H27NO2. The van der Waals surface area contributed by atoms with Crippen LogP contribution in [-0.4, -0.2) is 51.5 Å². The second-order valence-electron chi connectivity index (χ2n) is 4.89. The molecule has 19 heavy (non-hydrogen) atoms. The molecular weight excluding hydrogens is 238 g/mol. The summed E-state index contributed by atoms with van der Waals surface area (Å²) < 4.78 is 10.5. The molecule has 0 aliphatic carbocycles. The zero-order chi connectivity index (χ0) is 13.9. The Balaban J connectivity index is 2.36. The van der Waals surface area contributed by atoms with Crippen molar-refractivity contribution in [2.75, 3.05) is 40.5 Å². The Morgan fingerprint density at radius 2 is 2.11 bits per heavy atom. The van der Waals surface area contributed by atoms with E-state index in [4.69, 9.17) is 9.47 Å². The molecule has 0 aromatic heterocycles. The molecule has 3 nitrogen and oxygen atoms in total. The molecule has 0 aromatic carbocycles. The molecule has 1 aliphatic rings. The summed E-state index contributed by atoms with van der Waals surface area (Å²) in [7, 11) is 3.91. The van der Waals surface area contributed by atoms with Crippen LogP contribution in [0.3, 0.4) is 0 Å². The summed E-state index contributed by atoms with van der Waals surface area (Å²) in [6.45, 7) is 5.46. The lowest BCUT2D eigenvalue weighted by Gasteiger charge is -2.30. The van der Waals surface area contributed by atoms with E-state index in [-0.39, 0.29) is 0 Å². The Kier molecular flexibility index (Phi) is 8.47. The number of allylic oxidation sites excluding steroid dienone is 3. The van der Waals surface area contributed by atoms with E-state index in [1.807, 2.05) is 13.0 Å². The van der Waals surface area contributed by atoms with Crippen LogP contribution in [-0.2, 0) is 9.47 Å². The number of ether oxygens (including phenoxy) is 2. The van der Waals surface area contributed by atoms with E-state index < -0.39 is 0 Å². The second-order valence-corrected chi connectivity index (χ2v) is 4.89. The van der Waals surface area contributed by atoms with Gasteiger partial charge in [0.15, 0.2) is 0 Å². The summed E-state index contributed by atoms with van der Waals surface area (Å²) in [5.41, 5.74) is 1.19. The standard InChI is InChI=1S/C16H27NO2/c1-4-7-15(14-18-3)8-5-6-11-17(2)16-9-12-19-13-10-16/h4-8,16H,9-14H2,1-3H3/b6-5+,7-4-,15-8+. The van der Waals surface area contributed by atoms with Crippen molar-refractivity contribution in [3.8, 4) is 0 Å². The topological polar surface area (TPSA) is 21.7 Å². The van der Waals surface area contributed by atoms with Gasteiger partial charge in [-0.15, -0.1) is 0 Å². The maximum Gasteiger partial charge on any atom is 0.0712 e. The smallest absolute Gasteiger partial charge is 0.0712 e. The zero-order valence-corrected chi connectivity index (χ0v) is 12.5. The summed E-state index contributed by atoms with van der Waals surface area (Å²) >= 11 is 0. The van der Waals surface area contributed by atoms with Gasteiger partial charge in [0.2, 0.25) is 0 Å². The monoisotopic (exact) mass is 265 g/mol. The highest BCUT2D eigenvalue weighted by Crippen LogP contribution is 2.12. The third-order valence-corrected chi connectivity index (χ3v) is 3.35. The molecule has 1 saturated heterocycles. The van der Waals surface area contributed by atoms with E-state index in [0.29, 0.717) is 12.6 Å². The van der Waals surface area contributed by atoms with Gasteiger partial charge in [-0.2, -0.15) is 0 Å². The second kappa shape index (κ2) is 9.96. The first-order valence-corrected chi connectivity index (χ1v) is 7.03. The van der Waals surface area contributed by atoms with Gasteiger partial charge in [-0.25, -0.2) is 0 Å². The van der Waals surface area contributed by atoms with E-state index >= 15 is 0 Å². The lowest BCUT2D eigenvalue weighted by molar-refractivity contribution is 0.0465. The van der Waals surface area contributed by atoms with Gasteiger partial charge in [0.1, 0.15) is 0 Å². The van der Waals surface area contributed by atoms with Gasteiger partial charge in [-0.3, -0.25) is 4.90 Å². The highest BCUT2D eigenvalue weighted by atomic mass is 16.5. The number of methoxy groups -OCH3 is 1. The van der Waals surface area contributed by atoms with Gasteiger partial charge in [0.25, 0.3) is 0 Å². The maximum atomic E-state index is 5.39. The van der Waals surface area contributed by atoms with Gasteiger partial charge in [-0.05, 0) is 32.4 Å². The average molecular weight is 265 g/mol. The van der Waals surface area contributed by atoms with Crippen LogP contribution < -0.4 is 0 Å². The SMILES string of the molecule is C\C=C/C(=C\C=C\CN(C)C1CCOCC1)COC. The molecule has 0 aromatic rings. The first-order valence-electron chi connectivity index (χ1n) is 7.03. The van der Waals surface area contributed by atoms with Crippen LogP contribution in [0, 0.1) is 0 Å². The molecule has 1 heterocycles. The molecule has 1 aliphatic heterocycles. The maximum absolute atomic E-state index is 5.39. The van der Waals surface area contributed by atoms with Gasteiger partial charge in [0, 0.05) is 32.9 Å². The summed E-state index contributed by atoms with van der Waals surface area (Å²) in [6, 6.07) is 0.663. The molecule has 0 unspecified atom stereocenters. The molecule has 1 fully saturated rings. The third kappa shape index (κ3) is 6.71. The minimum absolute atomic E-state index is 0.657. The summed E-state index contributed by atoms with van der Waals surface area (Å²) in [5, 5.41) is 0. The molecule has 0 N–H and O–H groups in total. The Labute approximate surface area is 117 Å². The van der Waals surface area contributed by atoms with Crippen molar-refractivity contribution in [3.63, 3.8) is 0 Å². The lowest BCUT2D eigenvalue weighted by Crippen LogP contribution is -2.36. The molecule has 0 atom stereocenters. The predicted molar refractivity (Wildman–Crippen MR) is 80.4 cm³/mol. The normalized spacial score (nSPS) is 19.1. The molecule has 0 radical (unpaired) electrons. The van der Waals surface area contributed by atoms with E-state index in [0.717, 1.165) is 32.6 Å². The average Bonchev–Trinajstić information content (AvgIpc) is 2.44. The number of rotatable bonds is 7. The highest BCUT2D eigenvalue weighted by Gasteiger charge is 2.16. The zero-order valence-electron chi connectivity index (χ0n) is 12.5. The summed E-state index contributed by atoms with van der Waals surface area (Å²) in [4.78, 5) is 2.40. The van der Waals surface area contributed by atoms with Crippen molar-refractivity contribution >= 4 is 0 Å². The number of hydrogen-bond acceptors (Lipinski definition) is 3. The van der Waals surface area contributed by atoms with Crippen LogP contribution in [0.25, 0.3) is 0 Å². The van der Waals surface area contributed by atoms with Crippen molar-refractivity contribution in [2.24, 2.45) is 0 Å². The first-order chi connectivity index (χ1) is 9.27. The van der Waals surface area contributed by atoms with Crippen molar-refractivity contribution in [1.82, 2.24) is 4.90 Å². The number of nitrogens with zero attached hydrogens (tertiary/aromatic N) is 1. The quantitative estimate of drug-likeness (QED) is 0.661. The molecule has 3 heteroatoms. The first kappa shape index (κ1) is 16.2. The Morgan fingerprint density at radius 3 is 2.74 bits per heavy atom. The van der Waals surface area contributed by atoms with Crippen LogP contribution in [0.15, 0.2) is 36.0 Å². The lowest BCUT2D eigenvalue weighted by atomic mass is 10.1. The van der Waals surface area contributed by atoms with Crippen molar-refractivity contribution in [1.29, 1.82) is 0 Å². The van der Waals surface area contributed by atoms with Crippen LogP contribution in [0.2, 0.25) is 0 Å². The Bertz CT molecular complexity index is 315. The van der Waals surface area contributed by atoms with E-state index in [2.05, 4.69) is 36.3 Å². The fraction of sp³-hybridized carbons (Fsp3) is 0.625. The molecule has 0 spiro atoms. The molecule has 0 saturated carbocycles. The van der Waals surface area contributed by atoms with Crippen LogP contribution in [0.1, 0.15) is 19.8 Å². The number of likely N-dealkylation sites (N-methyl/N-ethyl adjacent to an activating group) is 1. The fourth-order valence-electron chi connectivity index (χ4n) is 2.23. The van der Waals surface area contributed by atoms with Crippen molar-refractivity contribution in [2.45, 2.75) is 25.8 Å². The molecule has 108 valence electrons. The minimum Gasteiger partial charge on any atom is -0.381 e. The highest BCUT2D eigenvalue weighted by molar-refractivity contribution is 5.24. The molecule has 0 amide bonds. The van der Waals surface area contributed by atoms with E-state index in [1.165, 1.54) is 5.57 Å². The van der Waals surface area contributed by atoms with Crippen molar-refractivity contribution < 1.29 is 9.47 Å². The third-order valence-electron chi connectivity index (χ3n) is 3.35. The van der Waals surface area contributed by atoms with Gasteiger partial charge < -0.3 is 9.47 Å². The summed E-state index contributed by atoms with van der Waals surface area (Å²) in [6.07, 6.45) is 12.8. The molecule has 1 rings (SSSR count). The van der Waals surface area contributed by atoms with Gasteiger partial charge in [-0.1, -0.05) is 30.4 Å². The van der Waals surface area contributed by atoms with Gasteiger partial charge in [0.05, 0.1) is 6.61 Å². The Morgan fingerprint density at radius 1 is 1.37 bits per heavy atom. The summed E-state index contributed by atoms with van der Waals surface area (Å²) in [5.74, 6) is 0. The van der Waals surface area contributed by atoms with Crippen LogP contribution in [0.4, 0.5) is 0 Å². The minimum atomic E-state index is 0.657.